The zero-order chi connectivity index (χ0) is 20.4. The maximum atomic E-state index is 12.7. The van der Waals surface area contributed by atoms with Crippen molar-refractivity contribution in [2.24, 2.45) is 0 Å². The third kappa shape index (κ3) is 4.34. The van der Waals surface area contributed by atoms with Crippen LogP contribution >= 0.6 is 0 Å². The number of nitrogens with zero attached hydrogens (tertiary/aromatic N) is 6. The van der Waals surface area contributed by atoms with Gasteiger partial charge in [0.25, 0.3) is 0 Å². The molecule has 0 saturated carbocycles. The van der Waals surface area contributed by atoms with Gasteiger partial charge in [-0.25, -0.2) is 4.98 Å². The van der Waals surface area contributed by atoms with Crippen LogP contribution in [0, 0.1) is 20.8 Å². The molecule has 2 fully saturated rings. The second kappa shape index (κ2) is 8.36. The third-order valence-corrected chi connectivity index (χ3v) is 5.59. The Hall–Kier alpha value is -2.68. The predicted octanol–water partition coefficient (Wildman–Crippen LogP) is 1.12. The Labute approximate surface area is 170 Å². The number of hydrogen-bond donors (Lipinski definition) is 0. The largest absolute Gasteiger partial charge is 0.378 e. The van der Waals surface area contributed by atoms with E-state index in [1.165, 1.54) is 0 Å². The number of piperazine rings is 1. The van der Waals surface area contributed by atoms with Crippen LogP contribution in [0.3, 0.4) is 0 Å². The Morgan fingerprint density at radius 1 is 1.00 bits per heavy atom. The highest BCUT2D eigenvalue weighted by Crippen LogP contribution is 2.20. The summed E-state index contributed by atoms with van der Waals surface area (Å²) in [5.41, 5.74) is 2.65. The van der Waals surface area contributed by atoms with E-state index in [4.69, 9.17) is 14.2 Å². The van der Waals surface area contributed by atoms with E-state index < -0.39 is 0 Å². The summed E-state index contributed by atoms with van der Waals surface area (Å²) in [5.74, 6) is 2.53. The molecule has 0 N–H and O–H groups in total. The average molecular weight is 400 g/mol. The van der Waals surface area contributed by atoms with Crippen molar-refractivity contribution in [2.75, 3.05) is 62.3 Å². The Morgan fingerprint density at radius 3 is 2.38 bits per heavy atom. The summed E-state index contributed by atoms with van der Waals surface area (Å²) in [6, 6.07) is 2.02. The molecule has 2 aromatic rings. The monoisotopic (exact) mass is 400 g/mol. The number of rotatable bonds is 4. The molecule has 0 unspecified atom stereocenters. The highest BCUT2D eigenvalue weighted by atomic mass is 16.5. The summed E-state index contributed by atoms with van der Waals surface area (Å²) in [6.07, 6.45) is 0.342. The minimum Gasteiger partial charge on any atom is -0.378 e. The standard InChI is InChI=1S/C20H28N6O3/c1-14-12-18(22-20(21-14)26-8-10-28-11-9-26)24-4-6-25(7-5-24)19(27)13-17-15(2)23-29-16(17)3/h12H,4-11,13H2,1-3H3. The van der Waals surface area contributed by atoms with Crippen LogP contribution in [-0.2, 0) is 16.0 Å². The smallest absolute Gasteiger partial charge is 0.227 e. The molecule has 4 rings (SSSR count). The number of ether oxygens (including phenoxy) is 1. The van der Waals surface area contributed by atoms with Gasteiger partial charge in [0.2, 0.25) is 11.9 Å². The van der Waals surface area contributed by atoms with E-state index in [1.54, 1.807) is 0 Å². The molecular formula is C20H28N6O3. The lowest BCUT2D eigenvalue weighted by Gasteiger charge is -2.36. The minimum absolute atomic E-state index is 0.118. The molecule has 0 atom stereocenters. The average Bonchev–Trinajstić information content (AvgIpc) is 3.06. The SMILES string of the molecule is Cc1cc(N2CCN(C(=O)Cc3c(C)noc3C)CC2)nc(N2CCOCC2)n1. The van der Waals surface area contributed by atoms with Crippen LogP contribution in [0.15, 0.2) is 10.6 Å². The number of carbonyl (C=O) groups is 1. The van der Waals surface area contributed by atoms with Gasteiger partial charge in [-0.2, -0.15) is 4.98 Å². The summed E-state index contributed by atoms with van der Waals surface area (Å²) >= 11 is 0. The van der Waals surface area contributed by atoms with E-state index in [0.29, 0.717) is 32.7 Å². The number of aromatic nitrogens is 3. The highest BCUT2D eigenvalue weighted by molar-refractivity contribution is 5.79. The van der Waals surface area contributed by atoms with Gasteiger partial charge in [-0.15, -0.1) is 0 Å². The van der Waals surface area contributed by atoms with Crippen molar-refractivity contribution in [2.45, 2.75) is 27.2 Å². The van der Waals surface area contributed by atoms with Crippen molar-refractivity contribution in [3.05, 3.63) is 28.8 Å². The van der Waals surface area contributed by atoms with Gasteiger partial charge in [0, 0.05) is 56.6 Å². The van der Waals surface area contributed by atoms with Crippen LogP contribution in [0.1, 0.15) is 22.7 Å². The summed E-state index contributed by atoms with van der Waals surface area (Å²) in [6.45, 7) is 11.6. The summed E-state index contributed by atoms with van der Waals surface area (Å²) < 4.78 is 10.6. The molecule has 0 aliphatic carbocycles. The molecule has 0 aromatic carbocycles. The molecular weight excluding hydrogens is 372 g/mol. The second-order valence-electron chi connectivity index (χ2n) is 7.61. The molecule has 9 heteroatoms. The van der Waals surface area contributed by atoms with Crippen molar-refractivity contribution in [1.29, 1.82) is 0 Å². The molecule has 0 bridgehead atoms. The Bertz CT molecular complexity index is 850. The van der Waals surface area contributed by atoms with Crippen molar-refractivity contribution in [1.82, 2.24) is 20.0 Å². The Balaban J connectivity index is 1.39. The summed E-state index contributed by atoms with van der Waals surface area (Å²) in [7, 11) is 0. The molecule has 2 aromatic heterocycles. The number of morpholine rings is 1. The van der Waals surface area contributed by atoms with Crippen molar-refractivity contribution < 1.29 is 14.1 Å². The number of aryl methyl sites for hydroxylation is 3. The van der Waals surface area contributed by atoms with Crippen LogP contribution in [0.2, 0.25) is 0 Å². The van der Waals surface area contributed by atoms with Gasteiger partial charge in [-0.1, -0.05) is 5.16 Å². The lowest BCUT2D eigenvalue weighted by molar-refractivity contribution is -0.130. The maximum absolute atomic E-state index is 12.7. The lowest BCUT2D eigenvalue weighted by atomic mass is 10.1. The number of amides is 1. The zero-order valence-electron chi connectivity index (χ0n) is 17.3. The molecule has 0 spiro atoms. The van der Waals surface area contributed by atoms with Crippen LogP contribution < -0.4 is 9.80 Å². The number of hydrogen-bond acceptors (Lipinski definition) is 8. The quantitative estimate of drug-likeness (QED) is 0.755. The van der Waals surface area contributed by atoms with Crippen molar-refractivity contribution >= 4 is 17.7 Å². The molecule has 9 nitrogen and oxygen atoms in total. The normalized spacial score (nSPS) is 17.7. The van der Waals surface area contributed by atoms with Gasteiger partial charge in [0.05, 0.1) is 25.3 Å². The van der Waals surface area contributed by atoms with Gasteiger partial charge >= 0.3 is 0 Å². The molecule has 0 radical (unpaired) electrons. The number of anilines is 2. The second-order valence-corrected chi connectivity index (χ2v) is 7.61. The van der Waals surface area contributed by atoms with Gasteiger partial charge in [-0.3, -0.25) is 4.79 Å². The zero-order valence-corrected chi connectivity index (χ0v) is 17.3. The van der Waals surface area contributed by atoms with Crippen LogP contribution in [0.4, 0.5) is 11.8 Å². The maximum Gasteiger partial charge on any atom is 0.227 e. The molecule has 156 valence electrons. The molecule has 2 saturated heterocycles. The fraction of sp³-hybridized carbons (Fsp3) is 0.600. The van der Waals surface area contributed by atoms with E-state index in [2.05, 4.69) is 19.9 Å². The van der Waals surface area contributed by atoms with E-state index >= 15 is 0 Å². The van der Waals surface area contributed by atoms with Gasteiger partial charge in [-0.05, 0) is 20.8 Å². The summed E-state index contributed by atoms with van der Waals surface area (Å²) in [5, 5.41) is 3.94. The first kappa shape index (κ1) is 19.6. The summed E-state index contributed by atoms with van der Waals surface area (Å²) in [4.78, 5) is 28.4. The third-order valence-electron chi connectivity index (χ3n) is 5.59. The van der Waals surface area contributed by atoms with Crippen LogP contribution in [0.5, 0.6) is 0 Å². The van der Waals surface area contributed by atoms with E-state index in [9.17, 15) is 4.79 Å². The minimum atomic E-state index is 0.118. The molecule has 1 amide bonds. The first-order valence-electron chi connectivity index (χ1n) is 10.1. The fourth-order valence-corrected chi connectivity index (χ4v) is 3.81. The molecule has 2 aliphatic heterocycles. The van der Waals surface area contributed by atoms with Crippen LogP contribution in [0.25, 0.3) is 0 Å². The van der Waals surface area contributed by atoms with E-state index in [1.807, 2.05) is 31.7 Å². The highest BCUT2D eigenvalue weighted by Gasteiger charge is 2.25. The van der Waals surface area contributed by atoms with Crippen LogP contribution in [-0.4, -0.2) is 78.4 Å². The topological polar surface area (TPSA) is 87.8 Å². The van der Waals surface area contributed by atoms with Crippen molar-refractivity contribution in [3.8, 4) is 0 Å². The lowest BCUT2D eigenvalue weighted by Crippen LogP contribution is -2.49. The first-order chi connectivity index (χ1) is 14.0. The molecule has 2 aliphatic rings. The number of carbonyl (C=O) groups excluding carboxylic acids is 1. The molecule has 4 heterocycles. The van der Waals surface area contributed by atoms with Gasteiger partial charge in [0.15, 0.2) is 0 Å². The van der Waals surface area contributed by atoms with Gasteiger partial charge in [0.1, 0.15) is 11.6 Å². The van der Waals surface area contributed by atoms with E-state index in [0.717, 1.165) is 60.7 Å². The Kier molecular flexibility index (Phi) is 5.66. The van der Waals surface area contributed by atoms with Crippen molar-refractivity contribution in [3.63, 3.8) is 0 Å². The van der Waals surface area contributed by atoms with Gasteiger partial charge < -0.3 is 24.0 Å². The Morgan fingerprint density at radius 2 is 1.72 bits per heavy atom. The predicted molar refractivity (Wildman–Crippen MR) is 108 cm³/mol. The molecule has 29 heavy (non-hydrogen) atoms. The fourth-order valence-electron chi connectivity index (χ4n) is 3.81. The first-order valence-corrected chi connectivity index (χ1v) is 10.1. The van der Waals surface area contributed by atoms with E-state index in [-0.39, 0.29) is 5.91 Å².